The Balaban J connectivity index is 1.64. The lowest BCUT2D eigenvalue weighted by Crippen LogP contribution is -2.40. The first kappa shape index (κ1) is 22.6. The maximum absolute atomic E-state index is 12.8. The fourth-order valence-corrected chi connectivity index (χ4v) is 4.70. The van der Waals surface area contributed by atoms with E-state index in [0.29, 0.717) is 13.2 Å². The first-order valence-electron chi connectivity index (χ1n) is 9.65. The van der Waals surface area contributed by atoms with E-state index in [0.717, 1.165) is 16.9 Å². The van der Waals surface area contributed by atoms with E-state index in [1.165, 1.54) is 22.5 Å². The second-order valence-corrected chi connectivity index (χ2v) is 9.38. The SMILES string of the molecule is Cc1ccc(C)c(OCCNC(=O)c2cc(S(=O)(=O)N3CCOCC3)ccc2Cl)c1. The number of halogens is 1. The number of carbonyl (C=O) groups excluding carboxylic acids is 1. The molecule has 7 nitrogen and oxygen atoms in total. The predicted molar refractivity (Wildman–Crippen MR) is 115 cm³/mol. The number of amides is 1. The maximum Gasteiger partial charge on any atom is 0.252 e. The number of sulfonamides is 1. The summed E-state index contributed by atoms with van der Waals surface area (Å²) in [5.74, 6) is 0.310. The number of aryl methyl sites for hydroxylation is 2. The number of benzene rings is 2. The molecule has 2 aromatic carbocycles. The number of ether oxygens (including phenoxy) is 2. The van der Waals surface area contributed by atoms with Gasteiger partial charge in [0, 0.05) is 13.1 Å². The third-order valence-corrected chi connectivity index (χ3v) is 7.00. The minimum atomic E-state index is -3.71. The van der Waals surface area contributed by atoms with Gasteiger partial charge in [0.25, 0.3) is 5.91 Å². The molecule has 0 unspecified atom stereocenters. The van der Waals surface area contributed by atoms with Crippen LogP contribution in [0.1, 0.15) is 21.5 Å². The van der Waals surface area contributed by atoms with Gasteiger partial charge in [0.05, 0.1) is 35.2 Å². The Morgan fingerprint density at radius 2 is 1.90 bits per heavy atom. The van der Waals surface area contributed by atoms with E-state index in [4.69, 9.17) is 21.1 Å². The van der Waals surface area contributed by atoms with E-state index in [1.54, 1.807) is 0 Å². The third kappa shape index (κ3) is 5.31. The lowest BCUT2D eigenvalue weighted by molar-refractivity contribution is 0.0730. The van der Waals surface area contributed by atoms with Crippen LogP contribution in [0.5, 0.6) is 5.75 Å². The van der Waals surface area contributed by atoms with Gasteiger partial charge in [-0.25, -0.2) is 8.42 Å². The molecule has 0 aromatic heterocycles. The van der Waals surface area contributed by atoms with E-state index in [9.17, 15) is 13.2 Å². The molecule has 2 aromatic rings. The maximum atomic E-state index is 12.8. The van der Waals surface area contributed by atoms with Crippen LogP contribution >= 0.6 is 11.6 Å². The zero-order valence-corrected chi connectivity index (χ0v) is 18.6. The summed E-state index contributed by atoms with van der Waals surface area (Å²) in [6.07, 6.45) is 0. The van der Waals surface area contributed by atoms with Gasteiger partial charge in [-0.05, 0) is 49.2 Å². The number of carbonyl (C=O) groups is 1. The van der Waals surface area contributed by atoms with E-state index in [-0.39, 0.29) is 41.7 Å². The molecule has 0 aliphatic carbocycles. The Kier molecular flexibility index (Phi) is 7.36. The van der Waals surface area contributed by atoms with E-state index < -0.39 is 15.9 Å². The van der Waals surface area contributed by atoms with E-state index >= 15 is 0 Å². The van der Waals surface area contributed by atoms with Gasteiger partial charge >= 0.3 is 0 Å². The lowest BCUT2D eigenvalue weighted by atomic mass is 10.1. The highest BCUT2D eigenvalue weighted by Gasteiger charge is 2.27. The minimum Gasteiger partial charge on any atom is -0.491 e. The van der Waals surface area contributed by atoms with Crippen LogP contribution in [0.25, 0.3) is 0 Å². The molecule has 0 bridgehead atoms. The highest BCUT2D eigenvalue weighted by molar-refractivity contribution is 7.89. The van der Waals surface area contributed by atoms with Gasteiger partial charge in [-0.3, -0.25) is 4.79 Å². The second kappa shape index (κ2) is 9.78. The monoisotopic (exact) mass is 452 g/mol. The van der Waals surface area contributed by atoms with Crippen LogP contribution in [0, 0.1) is 13.8 Å². The molecule has 1 fully saturated rings. The van der Waals surface area contributed by atoms with Crippen molar-refractivity contribution in [1.82, 2.24) is 9.62 Å². The highest BCUT2D eigenvalue weighted by atomic mass is 35.5. The van der Waals surface area contributed by atoms with Crippen LogP contribution in [0.4, 0.5) is 0 Å². The van der Waals surface area contributed by atoms with Gasteiger partial charge in [0.1, 0.15) is 12.4 Å². The molecule has 1 amide bonds. The van der Waals surface area contributed by atoms with Crippen molar-refractivity contribution in [2.45, 2.75) is 18.7 Å². The zero-order chi connectivity index (χ0) is 21.7. The molecule has 1 heterocycles. The summed E-state index contributed by atoms with van der Waals surface area (Å²) < 4.78 is 37.9. The van der Waals surface area contributed by atoms with Crippen molar-refractivity contribution in [3.05, 3.63) is 58.1 Å². The van der Waals surface area contributed by atoms with Crippen LogP contribution in [-0.2, 0) is 14.8 Å². The molecule has 1 N–H and O–H groups in total. The quantitative estimate of drug-likeness (QED) is 0.653. The lowest BCUT2D eigenvalue weighted by Gasteiger charge is -2.26. The van der Waals surface area contributed by atoms with Gasteiger partial charge in [0.15, 0.2) is 0 Å². The number of nitrogens with zero attached hydrogens (tertiary/aromatic N) is 1. The van der Waals surface area contributed by atoms with Crippen molar-refractivity contribution < 1.29 is 22.7 Å². The minimum absolute atomic E-state index is 0.0329. The molecule has 0 radical (unpaired) electrons. The van der Waals surface area contributed by atoms with Gasteiger partial charge in [-0.15, -0.1) is 0 Å². The van der Waals surface area contributed by atoms with Crippen molar-refractivity contribution in [3.63, 3.8) is 0 Å². The van der Waals surface area contributed by atoms with Gasteiger partial charge < -0.3 is 14.8 Å². The summed E-state index contributed by atoms with van der Waals surface area (Å²) in [5, 5.41) is 2.91. The van der Waals surface area contributed by atoms with Crippen LogP contribution < -0.4 is 10.1 Å². The van der Waals surface area contributed by atoms with Crippen LogP contribution in [-0.4, -0.2) is 58.1 Å². The number of hydrogen-bond acceptors (Lipinski definition) is 5. The number of rotatable bonds is 7. The highest BCUT2D eigenvalue weighted by Crippen LogP contribution is 2.24. The molecule has 1 aliphatic heterocycles. The van der Waals surface area contributed by atoms with Crippen LogP contribution in [0.2, 0.25) is 5.02 Å². The molecule has 1 saturated heterocycles. The fraction of sp³-hybridized carbons (Fsp3) is 0.381. The summed E-state index contributed by atoms with van der Waals surface area (Å²) in [7, 11) is -3.71. The zero-order valence-electron chi connectivity index (χ0n) is 17.0. The molecular weight excluding hydrogens is 428 g/mol. The van der Waals surface area contributed by atoms with Gasteiger partial charge in [-0.2, -0.15) is 4.31 Å². The molecule has 0 atom stereocenters. The molecule has 1 aliphatic rings. The van der Waals surface area contributed by atoms with Crippen molar-refractivity contribution in [2.24, 2.45) is 0 Å². The molecule has 9 heteroatoms. The Bertz CT molecular complexity index is 1020. The number of morpholine rings is 1. The molecule has 0 spiro atoms. The normalized spacial score (nSPS) is 15.0. The summed E-state index contributed by atoms with van der Waals surface area (Å²) in [6, 6.07) is 10.1. The Morgan fingerprint density at radius 3 is 2.63 bits per heavy atom. The largest absolute Gasteiger partial charge is 0.491 e. The van der Waals surface area contributed by atoms with Crippen LogP contribution in [0.3, 0.4) is 0 Å². The van der Waals surface area contributed by atoms with Gasteiger partial charge in [0.2, 0.25) is 10.0 Å². The van der Waals surface area contributed by atoms with Crippen molar-refractivity contribution in [1.29, 1.82) is 0 Å². The topological polar surface area (TPSA) is 84.9 Å². The van der Waals surface area contributed by atoms with E-state index in [2.05, 4.69) is 5.32 Å². The Hall–Kier alpha value is -2.13. The first-order valence-corrected chi connectivity index (χ1v) is 11.5. The van der Waals surface area contributed by atoms with Gasteiger partial charge in [-0.1, -0.05) is 23.7 Å². The standard InChI is InChI=1S/C21H25ClN2O5S/c1-15-3-4-16(2)20(13-15)29-10-7-23-21(25)18-14-17(5-6-19(18)22)30(26,27)24-8-11-28-12-9-24/h3-6,13-14H,7-12H2,1-2H3,(H,23,25). The van der Waals surface area contributed by atoms with Crippen LogP contribution in [0.15, 0.2) is 41.3 Å². The predicted octanol–water partition coefficient (Wildman–Crippen LogP) is 2.79. The third-order valence-electron chi connectivity index (χ3n) is 4.78. The van der Waals surface area contributed by atoms with Crippen molar-refractivity contribution in [3.8, 4) is 5.75 Å². The second-order valence-electron chi connectivity index (χ2n) is 7.03. The smallest absolute Gasteiger partial charge is 0.252 e. The molecular formula is C21H25ClN2O5S. The summed E-state index contributed by atoms with van der Waals surface area (Å²) in [4.78, 5) is 12.6. The molecule has 0 saturated carbocycles. The summed E-state index contributed by atoms with van der Waals surface area (Å²) in [6.45, 7) is 5.72. The Morgan fingerprint density at radius 1 is 1.17 bits per heavy atom. The Labute approximate surface area is 182 Å². The number of hydrogen-bond donors (Lipinski definition) is 1. The van der Waals surface area contributed by atoms with Crippen molar-refractivity contribution in [2.75, 3.05) is 39.5 Å². The molecule has 3 rings (SSSR count). The molecule has 30 heavy (non-hydrogen) atoms. The molecule has 162 valence electrons. The fourth-order valence-electron chi connectivity index (χ4n) is 3.06. The van der Waals surface area contributed by atoms with Crippen molar-refractivity contribution >= 4 is 27.5 Å². The van der Waals surface area contributed by atoms with E-state index in [1.807, 2.05) is 32.0 Å². The first-order chi connectivity index (χ1) is 14.3. The number of nitrogens with one attached hydrogen (secondary N) is 1. The summed E-state index contributed by atoms with van der Waals surface area (Å²) >= 11 is 6.15. The average Bonchev–Trinajstić information content (AvgIpc) is 2.74. The summed E-state index contributed by atoms with van der Waals surface area (Å²) in [5.41, 5.74) is 2.21. The average molecular weight is 453 g/mol.